The topological polar surface area (TPSA) is 79.9 Å². The molecule has 0 atom stereocenters. The van der Waals surface area contributed by atoms with Crippen LogP contribution in [-0.4, -0.2) is 38.2 Å². The average Bonchev–Trinajstić information content (AvgIpc) is 3.43. The second-order valence-corrected chi connectivity index (χ2v) is 7.24. The fourth-order valence-corrected chi connectivity index (χ4v) is 3.59. The number of rotatable bonds is 6. The van der Waals surface area contributed by atoms with Crippen molar-refractivity contribution in [3.63, 3.8) is 0 Å². The van der Waals surface area contributed by atoms with Crippen LogP contribution in [0.5, 0.6) is 11.5 Å². The van der Waals surface area contributed by atoms with Crippen molar-refractivity contribution in [2.75, 3.05) is 36.6 Å². The van der Waals surface area contributed by atoms with Gasteiger partial charge in [-0.2, -0.15) is 0 Å². The van der Waals surface area contributed by atoms with Gasteiger partial charge in [-0.1, -0.05) is 12.1 Å². The lowest BCUT2D eigenvalue weighted by molar-refractivity contribution is -0.136. The lowest BCUT2D eigenvalue weighted by Crippen LogP contribution is -2.36. The summed E-state index contributed by atoms with van der Waals surface area (Å²) < 4.78 is 10.5. The molecule has 7 heteroatoms. The van der Waals surface area contributed by atoms with Gasteiger partial charge in [0.05, 0.1) is 0 Å². The first-order chi connectivity index (χ1) is 14.2. The highest BCUT2D eigenvalue weighted by Crippen LogP contribution is 2.34. The number of fused-ring (bicyclic) bond motifs is 1. The molecule has 29 heavy (non-hydrogen) atoms. The van der Waals surface area contributed by atoms with Gasteiger partial charge in [0.25, 0.3) is 0 Å². The molecule has 152 valence electrons. The summed E-state index contributed by atoms with van der Waals surface area (Å²) in [6.07, 6.45) is 4.16. The molecule has 2 amide bonds. The maximum atomic E-state index is 12.0. The number of benzene rings is 2. The quantitative estimate of drug-likeness (QED) is 0.581. The zero-order chi connectivity index (χ0) is 20.1. The van der Waals surface area contributed by atoms with E-state index in [-0.39, 0.29) is 6.79 Å². The van der Waals surface area contributed by atoms with Crippen LogP contribution in [0.25, 0.3) is 0 Å². The van der Waals surface area contributed by atoms with Crippen LogP contribution >= 0.6 is 0 Å². The molecule has 4 rings (SSSR count). The normalized spacial score (nSPS) is 14.7. The first kappa shape index (κ1) is 19.1. The summed E-state index contributed by atoms with van der Waals surface area (Å²) in [7, 11) is 0. The SMILES string of the molecule is O=C(NCCCc1ccc(N2CCCC2)cc1)C(=O)Nc1ccc2c(c1)OCO2. The van der Waals surface area contributed by atoms with E-state index in [4.69, 9.17) is 9.47 Å². The van der Waals surface area contributed by atoms with Crippen molar-refractivity contribution in [1.82, 2.24) is 5.32 Å². The van der Waals surface area contributed by atoms with E-state index in [0.29, 0.717) is 23.7 Å². The Hall–Kier alpha value is -3.22. The minimum absolute atomic E-state index is 0.161. The highest BCUT2D eigenvalue weighted by molar-refractivity contribution is 6.39. The molecule has 0 spiro atoms. The van der Waals surface area contributed by atoms with Gasteiger partial charge in [0.2, 0.25) is 6.79 Å². The van der Waals surface area contributed by atoms with Crippen molar-refractivity contribution in [1.29, 1.82) is 0 Å². The van der Waals surface area contributed by atoms with Crippen LogP contribution in [0.4, 0.5) is 11.4 Å². The molecule has 0 radical (unpaired) electrons. The Labute approximate surface area is 170 Å². The smallest absolute Gasteiger partial charge is 0.313 e. The number of carbonyl (C=O) groups excluding carboxylic acids is 2. The van der Waals surface area contributed by atoms with Gasteiger partial charge in [0, 0.05) is 37.1 Å². The van der Waals surface area contributed by atoms with Crippen molar-refractivity contribution in [2.45, 2.75) is 25.7 Å². The number of nitrogens with zero attached hydrogens (tertiary/aromatic N) is 1. The Morgan fingerprint density at radius 1 is 0.931 bits per heavy atom. The molecule has 1 fully saturated rings. The summed E-state index contributed by atoms with van der Waals surface area (Å²) in [6, 6.07) is 13.6. The Bertz CT molecular complexity index is 876. The van der Waals surface area contributed by atoms with E-state index in [9.17, 15) is 9.59 Å². The van der Waals surface area contributed by atoms with Crippen molar-refractivity contribution in [2.24, 2.45) is 0 Å². The standard InChI is InChI=1S/C22H25N3O4/c26-21(22(27)24-17-7-10-19-20(14-17)29-15-28-19)23-11-3-4-16-5-8-18(9-6-16)25-12-1-2-13-25/h5-10,14H,1-4,11-13,15H2,(H,23,26)(H,24,27). The third-order valence-electron chi connectivity index (χ3n) is 5.17. The highest BCUT2D eigenvalue weighted by Gasteiger charge is 2.17. The van der Waals surface area contributed by atoms with Crippen LogP contribution in [0.3, 0.4) is 0 Å². The van der Waals surface area contributed by atoms with E-state index in [1.54, 1.807) is 18.2 Å². The molecule has 2 aliphatic rings. The number of ether oxygens (including phenoxy) is 2. The predicted octanol–water partition coefficient (Wildman–Crippen LogP) is 2.70. The van der Waals surface area contributed by atoms with E-state index in [1.807, 2.05) is 0 Å². The molecule has 0 aromatic heterocycles. The zero-order valence-corrected chi connectivity index (χ0v) is 16.3. The number of aryl methyl sites for hydroxylation is 1. The summed E-state index contributed by atoms with van der Waals surface area (Å²) in [5.74, 6) is -0.161. The molecule has 2 heterocycles. The molecule has 2 aromatic carbocycles. The fourth-order valence-electron chi connectivity index (χ4n) is 3.59. The molecule has 0 saturated carbocycles. The largest absolute Gasteiger partial charge is 0.454 e. The highest BCUT2D eigenvalue weighted by atomic mass is 16.7. The lowest BCUT2D eigenvalue weighted by atomic mass is 10.1. The van der Waals surface area contributed by atoms with Gasteiger partial charge in [-0.05, 0) is 55.5 Å². The van der Waals surface area contributed by atoms with E-state index >= 15 is 0 Å². The second-order valence-electron chi connectivity index (χ2n) is 7.24. The van der Waals surface area contributed by atoms with E-state index in [2.05, 4.69) is 39.8 Å². The number of amides is 2. The molecule has 0 bridgehead atoms. The van der Waals surface area contributed by atoms with Crippen LogP contribution in [0.15, 0.2) is 42.5 Å². The van der Waals surface area contributed by atoms with Gasteiger partial charge in [-0.15, -0.1) is 0 Å². The molecular formula is C22H25N3O4. The first-order valence-electron chi connectivity index (χ1n) is 10.0. The van der Waals surface area contributed by atoms with Crippen molar-refractivity contribution in [3.8, 4) is 11.5 Å². The molecule has 2 aromatic rings. The average molecular weight is 395 g/mol. The maximum absolute atomic E-state index is 12.0. The van der Waals surface area contributed by atoms with Gasteiger partial charge < -0.3 is 25.0 Å². The number of anilines is 2. The van der Waals surface area contributed by atoms with Crippen LogP contribution in [-0.2, 0) is 16.0 Å². The predicted molar refractivity (Wildman–Crippen MR) is 110 cm³/mol. The van der Waals surface area contributed by atoms with Gasteiger partial charge in [-0.3, -0.25) is 9.59 Å². The van der Waals surface area contributed by atoms with Crippen LogP contribution in [0.1, 0.15) is 24.8 Å². The Morgan fingerprint density at radius 3 is 2.48 bits per heavy atom. The number of hydrogen-bond donors (Lipinski definition) is 2. The summed E-state index contributed by atoms with van der Waals surface area (Å²) in [5, 5.41) is 5.24. The Kier molecular flexibility index (Phi) is 5.84. The molecular weight excluding hydrogens is 370 g/mol. The van der Waals surface area contributed by atoms with E-state index < -0.39 is 11.8 Å². The van der Waals surface area contributed by atoms with Crippen molar-refractivity contribution >= 4 is 23.2 Å². The third-order valence-corrected chi connectivity index (χ3v) is 5.17. The van der Waals surface area contributed by atoms with Crippen LogP contribution in [0.2, 0.25) is 0 Å². The number of carbonyl (C=O) groups is 2. The number of nitrogens with one attached hydrogen (secondary N) is 2. The number of hydrogen-bond acceptors (Lipinski definition) is 5. The van der Waals surface area contributed by atoms with Gasteiger partial charge in [0.1, 0.15) is 0 Å². The van der Waals surface area contributed by atoms with Gasteiger partial charge in [-0.25, -0.2) is 0 Å². The molecule has 0 unspecified atom stereocenters. The second kappa shape index (κ2) is 8.86. The minimum Gasteiger partial charge on any atom is -0.454 e. The van der Waals surface area contributed by atoms with Crippen LogP contribution in [0, 0.1) is 0 Å². The van der Waals surface area contributed by atoms with Crippen molar-refractivity contribution < 1.29 is 19.1 Å². The van der Waals surface area contributed by atoms with Crippen molar-refractivity contribution in [3.05, 3.63) is 48.0 Å². The third kappa shape index (κ3) is 4.80. The summed E-state index contributed by atoms with van der Waals surface area (Å²) >= 11 is 0. The maximum Gasteiger partial charge on any atom is 0.313 e. The Morgan fingerprint density at radius 2 is 1.69 bits per heavy atom. The monoisotopic (exact) mass is 395 g/mol. The van der Waals surface area contributed by atoms with E-state index in [0.717, 1.165) is 25.9 Å². The summed E-state index contributed by atoms with van der Waals surface area (Å²) in [5.41, 5.74) is 3.00. The van der Waals surface area contributed by atoms with E-state index in [1.165, 1.54) is 24.1 Å². The molecule has 2 N–H and O–H groups in total. The summed E-state index contributed by atoms with van der Waals surface area (Å²) in [6.45, 7) is 2.88. The van der Waals surface area contributed by atoms with Crippen LogP contribution < -0.4 is 25.0 Å². The first-order valence-corrected chi connectivity index (χ1v) is 10.0. The lowest BCUT2D eigenvalue weighted by Gasteiger charge is -2.17. The molecule has 0 aliphatic carbocycles. The van der Waals surface area contributed by atoms with Gasteiger partial charge in [0.15, 0.2) is 11.5 Å². The summed E-state index contributed by atoms with van der Waals surface area (Å²) in [4.78, 5) is 26.4. The fraction of sp³-hybridized carbons (Fsp3) is 0.364. The molecule has 2 aliphatic heterocycles. The minimum atomic E-state index is -0.696. The van der Waals surface area contributed by atoms with Gasteiger partial charge >= 0.3 is 11.8 Å². The molecule has 1 saturated heterocycles. The molecule has 7 nitrogen and oxygen atoms in total. The zero-order valence-electron chi connectivity index (χ0n) is 16.3. The Balaban J connectivity index is 1.18.